The van der Waals surface area contributed by atoms with Crippen LogP contribution in [-0.2, 0) is 44.4 Å². The molecule has 19 nitrogen and oxygen atoms in total. The van der Waals surface area contributed by atoms with Gasteiger partial charge in [0.25, 0.3) is 11.5 Å². The molecule has 5 N–H and O–H groups in total. The summed E-state index contributed by atoms with van der Waals surface area (Å²) >= 11 is 0. The molecule has 432 valence electrons. The van der Waals surface area contributed by atoms with Crippen molar-refractivity contribution in [2.24, 2.45) is 5.73 Å². The van der Waals surface area contributed by atoms with Gasteiger partial charge in [-0.25, -0.2) is 22.9 Å². The second kappa shape index (κ2) is 20.9. The number of nitrogens with zero attached hydrogens (tertiary/aromatic N) is 8. The number of piperazine rings is 1. The Labute approximate surface area is 479 Å². The van der Waals surface area contributed by atoms with Crippen molar-refractivity contribution in [1.82, 2.24) is 39.6 Å². The largest absolute Gasteiger partial charge is 0.508 e. The number of amides is 2. The van der Waals surface area contributed by atoms with Crippen molar-refractivity contribution in [1.29, 1.82) is 0 Å². The van der Waals surface area contributed by atoms with Gasteiger partial charge in [-0.05, 0) is 105 Å². The molecule has 84 heavy (non-hydrogen) atoms. The fourth-order valence-electron chi connectivity index (χ4n) is 13.7. The SMILES string of the molecule is C#Cc1c(F)ccc2cc(O)cc(-c3ncc4c(N5CC6CCC(C5)N6C(=O)C(=C)COc5ccc6nc7c(c(CNC(=O)CCCN)c6c5)Cn5c-7cc6c(c5=O)COC(=O)[C@]6(O)CC)nc(OC[C@@]56CCCN5C[C@H](F)C6)nc4c3F)c12. The van der Waals surface area contributed by atoms with Crippen LogP contribution in [0.2, 0.25) is 0 Å². The highest BCUT2D eigenvalue weighted by Gasteiger charge is 2.50. The summed E-state index contributed by atoms with van der Waals surface area (Å²) in [5.41, 5.74) is 5.45. The molecule has 4 fully saturated rings. The number of carbonyl (C=O) groups is 3. The maximum Gasteiger partial charge on any atom is 0.343 e. The number of terminal acetylenes is 1. The summed E-state index contributed by atoms with van der Waals surface area (Å²) < 4.78 is 67.1. The van der Waals surface area contributed by atoms with E-state index < -0.39 is 40.5 Å². The number of nitrogens with two attached hydrogens (primary N) is 1. The van der Waals surface area contributed by atoms with E-state index in [-0.39, 0.29) is 151 Å². The molecule has 6 aliphatic rings. The maximum absolute atomic E-state index is 17.5. The Morgan fingerprint density at radius 3 is 2.60 bits per heavy atom. The lowest BCUT2D eigenvalue weighted by molar-refractivity contribution is -0.172. The zero-order chi connectivity index (χ0) is 58.5. The van der Waals surface area contributed by atoms with E-state index in [1.807, 2.05) is 9.80 Å². The first-order valence-electron chi connectivity index (χ1n) is 28.3. The minimum absolute atomic E-state index is 0.0173. The Bertz CT molecular complexity index is 4080. The van der Waals surface area contributed by atoms with E-state index in [2.05, 4.69) is 32.7 Å². The third-order valence-electron chi connectivity index (χ3n) is 17.9. The summed E-state index contributed by atoms with van der Waals surface area (Å²) in [6, 6.07) is 11.3. The zero-order valence-electron chi connectivity index (χ0n) is 46.0. The summed E-state index contributed by atoms with van der Waals surface area (Å²) in [4.78, 5) is 79.5. The van der Waals surface area contributed by atoms with Crippen molar-refractivity contribution in [3.8, 4) is 52.5 Å². The Kier molecular flexibility index (Phi) is 13.6. The van der Waals surface area contributed by atoms with Gasteiger partial charge in [0.05, 0.1) is 57.6 Å². The first-order chi connectivity index (χ1) is 40.5. The van der Waals surface area contributed by atoms with Crippen molar-refractivity contribution in [2.75, 3.05) is 50.8 Å². The number of hydrogen-bond donors (Lipinski definition) is 4. The summed E-state index contributed by atoms with van der Waals surface area (Å²) in [6.07, 6.45) is 10.00. The van der Waals surface area contributed by atoms with Gasteiger partial charge < -0.3 is 49.8 Å². The van der Waals surface area contributed by atoms with Crippen molar-refractivity contribution in [3.63, 3.8) is 0 Å². The molecule has 7 aromatic rings. The van der Waals surface area contributed by atoms with E-state index in [1.54, 1.807) is 31.2 Å². The number of phenolic OH excluding ortho intramolecular Hbond substituents is 1. The number of benzene rings is 3. The number of alkyl halides is 1. The molecule has 2 amide bonds. The van der Waals surface area contributed by atoms with Gasteiger partial charge in [0.1, 0.15) is 60.3 Å². The number of esters is 1. The fourth-order valence-corrected chi connectivity index (χ4v) is 13.7. The fraction of sp³-hybridized carbons (Fsp3) is 0.387. The standard InChI is InChI=1S/C62H59F3N10O9/c1-4-39-47(64)13-9-33-18-37(76)19-41(51(33)39)54-52(65)55-43(24-68-54)56(71-60(70-55)84-31-61-15-7-17-73(61)25-34(63)22-61)72-26-35-10-11-36(27-72)75(35)57(78)32(3)29-82-38-12-14-48-40(20-38)42(23-67-50(77)8-6-16-66)44-28-74-49(53(44)69-48)21-46-45(58(74)79)30-83-59(80)62(46,81)5-2/h1,9,12-14,18-21,24,34-36,76,81H,3,5-8,10-11,15-17,22-23,25-31,66H2,2H3,(H,67,77)/t34-,35?,36?,61+,62+/m1/s1. The lowest BCUT2D eigenvalue weighted by atomic mass is 9.86. The number of cyclic esters (lactones) is 1. The monoisotopic (exact) mass is 1140 g/mol. The lowest BCUT2D eigenvalue weighted by Crippen LogP contribution is -2.56. The Balaban J connectivity index is 0.776. The van der Waals surface area contributed by atoms with Crippen LogP contribution < -0.4 is 31.0 Å². The zero-order valence-corrected chi connectivity index (χ0v) is 46.0. The topological polar surface area (TPSA) is 241 Å². The van der Waals surface area contributed by atoms with Gasteiger partial charge in [-0.1, -0.05) is 25.5 Å². The molecular weight excluding hydrogens is 1090 g/mol. The third-order valence-corrected chi connectivity index (χ3v) is 17.9. The van der Waals surface area contributed by atoms with Crippen LogP contribution in [-0.4, -0.2) is 132 Å². The molecule has 13 rings (SSSR count). The number of anilines is 1. The summed E-state index contributed by atoms with van der Waals surface area (Å²) in [7, 11) is 0. The maximum atomic E-state index is 17.5. The number of rotatable bonds is 15. The van der Waals surface area contributed by atoms with Crippen LogP contribution in [0, 0.1) is 24.0 Å². The highest BCUT2D eigenvalue weighted by atomic mass is 19.1. The third kappa shape index (κ3) is 8.93. The van der Waals surface area contributed by atoms with Crippen molar-refractivity contribution in [2.45, 2.75) is 107 Å². The van der Waals surface area contributed by atoms with E-state index in [0.717, 1.165) is 13.0 Å². The summed E-state index contributed by atoms with van der Waals surface area (Å²) in [5, 5.41) is 26.7. The van der Waals surface area contributed by atoms with Gasteiger partial charge in [-0.3, -0.25) is 24.3 Å². The molecule has 22 heteroatoms. The summed E-state index contributed by atoms with van der Waals surface area (Å²) in [5.74, 6) is -0.135. The number of halogens is 3. The molecule has 0 saturated carbocycles. The van der Waals surface area contributed by atoms with Crippen molar-refractivity contribution in [3.05, 3.63) is 117 Å². The molecule has 10 heterocycles. The van der Waals surface area contributed by atoms with Gasteiger partial charge in [0.15, 0.2) is 11.4 Å². The van der Waals surface area contributed by atoms with Gasteiger partial charge in [-0.15, -0.1) is 6.42 Å². The number of phenols is 1. The molecule has 4 aromatic heterocycles. The molecular formula is C62H59F3N10O9. The second-order valence-electron chi connectivity index (χ2n) is 22.8. The number of aliphatic hydroxyl groups is 1. The highest BCUT2D eigenvalue weighted by Crippen LogP contribution is 2.45. The predicted octanol–water partition coefficient (Wildman–Crippen LogP) is 6.33. The molecule has 4 saturated heterocycles. The van der Waals surface area contributed by atoms with Crippen LogP contribution in [0.4, 0.5) is 19.0 Å². The molecule has 5 atom stereocenters. The van der Waals surface area contributed by atoms with Crippen molar-refractivity contribution >= 4 is 56.2 Å². The molecule has 0 spiro atoms. The number of aromatic nitrogens is 5. The first-order valence-corrected chi connectivity index (χ1v) is 28.3. The second-order valence-corrected chi connectivity index (χ2v) is 22.8. The first kappa shape index (κ1) is 54.6. The number of fused-ring (bicyclic) bond motifs is 10. The van der Waals surface area contributed by atoms with E-state index in [4.69, 9.17) is 36.3 Å². The Morgan fingerprint density at radius 1 is 1.01 bits per heavy atom. The normalized spacial score (nSPS) is 22.2. The van der Waals surface area contributed by atoms with Gasteiger partial charge in [0.2, 0.25) is 5.91 Å². The van der Waals surface area contributed by atoms with Crippen LogP contribution in [0.3, 0.4) is 0 Å². The molecule has 0 aliphatic carbocycles. The minimum Gasteiger partial charge on any atom is -0.508 e. The average molecular weight is 1150 g/mol. The number of aromatic hydroxyl groups is 1. The number of nitrogens with one attached hydrogen (secondary N) is 1. The number of hydrogen-bond acceptors (Lipinski definition) is 16. The quantitative estimate of drug-likeness (QED) is 0.0498. The molecule has 3 aromatic carbocycles. The molecule has 2 unspecified atom stereocenters. The van der Waals surface area contributed by atoms with Crippen LogP contribution in [0.1, 0.15) is 86.1 Å². The van der Waals surface area contributed by atoms with Crippen LogP contribution in [0.25, 0.3) is 55.2 Å². The van der Waals surface area contributed by atoms with Gasteiger partial charge in [-0.2, -0.15) is 9.97 Å². The number of pyridine rings is 3. The minimum atomic E-state index is -2.02. The Morgan fingerprint density at radius 2 is 1.82 bits per heavy atom. The van der Waals surface area contributed by atoms with Crippen LogP contribution in [0.15, 0.2) is 71.7 Å². The molecule has 6 aliphatic heterocycles. The average Bonchev–Trinajstić information content (AvgIpc) is 1.73. The van der Waals surface area contributed by atoms with E-state index in [1.165, 1.54) is 35.0 Å². The van der Waals surface area contributed by atoms with Crippen LogP contribution >= 0.6 is 0 Å². The van der Waals surface area contributed by atoms with E-state index in [9.17, 15) is 33.8 Å². The van der Waals surface area contributed by atoms with E-state index >= 15 is 8.78 Å². The van der Waals surface area contributed by atoms with Crippen LogP contribution in [0.5, 0.6) is 17.5 Å². The lowest BCUT2D eigenvalue weighted by Gasteiger charge is -2.42. The van der Waals surface area contributed by atoms with Gasteiger partial charge >= 0.3 is 12.0 Å². The van der Waals surface area contributed by atoms with Gasteiger partial charge in [0, 0.05) is 78.3 Å². The number of carbonyl (C=O) groups excluding carboxylic acids is 3. The molecule has 2 bridgehead atoms. The van der Waals surface area contributed by atoms with Crippen molar-refractivity contribution < 1.29 is 52.0 Å². The Hall–Kier alpha value is -8.65. The highest BCUT2D eigenvalue weighted by molar-refractivity contribution is 6.03. The van der Waals surface area contributed by atoms with E-state index in [0.29, 0.717) is 89.1 Å². The number of ether oxygens (including phenoxy) is 3. The summed E-state index contributed by atoms with van der Waals surface area (Å²) in [6.45, 7) is 7.48. The predicted molar refractivity (Wildman–Crippen MR) is 304 cm³/mol. The molecule has 0 radical (unpaired) electrons. The smallest absolute Gasteiger partial charge is 0.343 e.